The molecule has 3 rings (SSSR count). The van der Waals surface area contributed by atoms with Gasteiger partial charge in [-0.1, -0.05) is 17.3 Å². The van der Waals surface area contributed by atoms with E-state index in [9.17, 15) is 14.0 Å². The number of para-hydroxylation sites is 1. The number of anilines is 2. The second-order valence-electron chi connectivity index (χ2n) is 5.60. The van der Waals surface area contributed by atoms with Crippen LogP contribution in [0.25, 0.3) is 5.69 Å². The van der Waals surface area contributed by atoms with E-state index >= 15 is 0 Å². The summed E-state index contributed by atoms with van der Waals surface area (Å²) in [6.07, 6.45) is 0. The van der Waals surface area contributed by atoms with Crippen LogP contribution in [-0.2, 0) is 4.79 Å². The van der Waals surface area contributed by atoms with E-state index in [4.69, 9.17) is 0 Å². The molecule has 0 aliphatic heterocycles. The molecule has 0 radical (unpaired) electrons. The molecule has 7 nitrogen and oxygen atoms in total. The maximum atomic E-state index is 13.9. The van der Waals surface area contributed by atoms with Crippen LogP contribution in [0.2, 0.25) is 0 Å². The Kier molecular flexibility index (Phi) is 4.74. The molecule has 0 aliphatic carbocycles. The van der Waals surface area contributed by atoms with Gasteiger partial charge in [-0.3, -0.25) is 9.59 Å². The van der Waals surface area contributed by atoms with Gasteiger partial charge in [0.15, 0.2) is 5.69 Å². The van der Waals surface area contributed by atoms with Crippen LogP contribution in [0, 0.1) is 12.7 Å². The van der Waals surface area contributed by atoms with E-state index in [0.29, 0.717) is 17.1 Å². The number of hydrogen-bond donors (Lipinski definition) is 2. The zero-order chi connectivity index (χ0) is 18.7. The van der Waals surface area contributed by atoms with Crippen molar-refractivity contribution in [3.05, 3.63) is 65.7 Å². The summed E-state index contributed by atoms with van der Waals surface area (Å²) < 4.78 is 15.2. The predicted molar refractivity (Wildman–Crippen MR) is 94.8 cm³/mol. The van der Waals surface area contributed by atoms with Crippen molar-refractivity contribution in [2.45, 2.75) is 13.8 Å². The summed E-state index contributed by atoms with van der Waals surface area (Å²) in [5, 5.41) is 13.1. The number of aromatic nitrogens is 3. The molecule has 2 N–H and O–H groups in total. The Morgan fingerprint density at radius 1 is 1.00 bits per heavy atom. The Labute approximate surface area is 148 Å². The molecule has 0 fully saturated rings. The summed E-state index contributed by atoms with van der Waals surface area (Å²) in [6.45, 7) is 3.05. The molecule has 0 bridgehead atoms. The lowest BCUT2D eigenvalue weighted by molar-refractivity contribution is -0.114. The van der Waals surface area contributed by atoms with Crippen molar-refractivity contribution in [1.29, 1.82) is 0 Å². The van der Waals surface area contributed by atoms with Crippen LogP contribution in [0.3, 0.4) is 0 Å². The molecule has 8 heteroatoms. The minimum Gasteiger partial charge on any atom is -0.326 e. The van der Waals surface area contributed by atoms with E-state index in [1.165, 1.54) is 17.7 Å². The molecule has 0 spiro atoms. The number of nitrogens with zero attached hydrogens (tertiary/aromatic N) is 3. The summed E-state index contributed by atoms with van der Waals surface area (Å²) in [5.41, 5.74) is 1.89. The third-order valence-electron chi connectivity index (χ3n) is 3.65. The number of rotatable bonds is 4. The largest absolute Gasteiger partial charge is 0.326 e. The molecule has 3 aromatic rings. The molecule has 2 amide bonds. The van der Waals surface area contributed by atoms with Crippen molar-refractivity contribution in [3.8, 4) is 5.69 Å². The molecule has 0 aliphatic rings. The van der Waals surface area contributed by atoms with Gasteiger partial charge >= 0.3 is 0 Å². The molecular weight excluding hydrogens is 337 g/mol. The first-order chi connectivity index (χ1) is 12.5. The Balaban J connectivity index is 1.79. The van der Waals surface area contributed by atoms with Crippen molar-refractivity contribution in [2.24, 2.45) is 0 Å². The quantitative estimate of drug-likeness (QED) is 0.755. The molecule has 0 unspecified atom stereocenters. The Hall–Kier alpha value is -3.55. The van der Waals surface area contributed by atoms with Gasteiger partial charge < -0.3 is 10.6 Å². The van der Waals surface area contributed by atoms with Crippen LogP contribution in [0.1, 0.15) is 23.1 Å². The molecule has 2 aromatic carbocycles. The SMILES string of the molecule is CC(=O)Nc1ccc(NC(=O)c2nnn(-c3ccccc3F)c2C)cc1. The topological polar surface area (TPSA) is 88.9 Å². The summed E-state index contributed by atoms with van der Waals surface area (Å²) in [6, 6.07) is 12.8. The Bertz CT molecular complexity index is 966. The van der Waals surface area contributed by atoms with Gasteiger partial charge in [-0.25, -0.2) is 9.07 Å². The predicted octanol–water partition coefficient (Wildman–Crippen LogP) is 2.93. The maximum absolute atomic E-state index is 13.9. The lowest BCUT2D eigenvalue weighted by Gasteiger charge is -2.07. The van der Waals surface area contributed by atoms with E-state index in [2.05, 4.69) is 20.9 Å². The lowest BCUT2D eigenvalue weighted by atomic mass is 10.2. The Morgan fingerprint density at radius 2 is 1.62 bits per heavy atom. The number of benzene rings is 2. The summed E-state index contributed by atoms with van der Waals surface area (Å²) >= 11 is 0. The summed E-state index contributed by atoms with van der Waals surface area (Å²) in [4.78, 5) is 23.5. The van der Waals surface area contributed by atoms with Crippen LogP contribution >= 0.6 is 0 Å². The van der Waals surface area contributed by atoms with Crippen molar-refractivity contribution >= 4 is 23.2 Å². The van der Waals surface area contributed by atoms with Crippen molar-refractivity contribution in [1.82, 2.24) is 15.0 Å². The van der Waals surface area contributed by atoms with Gasteiger partial charge in [0.2, 0.25) is 5.91 Å². The third kappa shape index (κ3) is 3.59. The van der Waals surface area contributed by atoms with E-state index < -0.39 is 11.7 Å². The Morgan fingerprint density at radius 3 is 2.23 bits per heavy atom. The van der Waals surface area contributed by atoms with Gasteiger partial charge in [0.25, 0.3) is 5.91 Å². The average Bonchev–Trinajstić information content (AvgIpc) is 2.98. The molecule has 1 aromatic heterocycles. The second-order valence-corrected chi connectivity index (χ2v) is 5.60. The first-order valence-electron chi connectivity index (χ1n) is 7.82. The lowest BCUT2D eigenvalue weighted by Crippen LogP contribution is -2.14. The number of hydrogen-bond acceptors (Lipinski definition) is 4. The molecule has 0 saturated carbocycles. The number of halogens is 1. The standard InChI is InChI=1S/C18H16FN5O2/c1-11-17(22-23-24(11)16-6-4-3-5-15(16)19)18(26)21-14-9-7-13(8-10-14)20-12(2)25/h3-10H,1-2H3,(H,20,25)(H,21,26). The van der Waals surface area contributed by atoms with Crippen LogP contribution in [0.15, 0.2) is 48.5 Å². The van der Waals surface area contributed by atoms with Crippen molar-refractivity contribution in [2.75, 3.05) is 10.6 Å². The first-order valence-corrected chi connectivity index (χ1v) is 7.82. The van der Waals surface area contributed by atoms with Gasteiger partial charge in [-0.05, 0) is 43.3 Å². The van der Waals surface area contributed by atoms with Crippen LogP contribution in [0.4, 0.5) is 15.8 Å². The fourth-order valence-corrected chi connectivity index (χ4v) is 2.42. The molecule has 132 valence electrons. The van der Waals surface area contributed by atoms with Gasteiger partial charge in [-0.2, -0.15) is 0 Å². The normalized spacial score (nSPS) is 10.4. The second kappa shape index (κ2) is 7.14. The average molecular weight is 353 g/mol. The minimum atomic E-state index is -0.461. The van der Waals surface area contributed by atoms with Crippen molar-refractivity contribution in [3.63, 3.8) is 0 Å². The van der Waals surface area contributed by atoms with Crippen LogP contribution < -0.4 is 10.6 Å². The highest BCUT2D eigenvalue weighted by atomic mass is 19.1. The van der Waals surface area contributed by atoms with Gasteiger partial charge in [-0.15, -0.1) is 5.10 Å². The molecular formula is C18H16FN5O2. The third-order valence-corrected chi connectivity index (χ3v) is 3.65. The molecule has 0 atom stereocenters. The van der Waals surface area contributed by atoms with E-state index in [1.54, 1.807) is 49.4 Å². The smallest absolute Gasteiger partial charge is 0.278 e. The highest BCUT2D eigenvalue weighted by Crippen LogP contribution is 2.18. The summed E-state index contributed by atoms with van der Waals surface area (Å²) in [5.74, 6) is -1.10. The van der Waals surface area contributed by atoms with Gasteiger partial charge in [0, 0.05) is 18.3 Å². The maximum Gasteiger partial charge on any atom is 0.278 e. The molecule has 0 saturated heterocycles. The van der Waals surface area contributed by atoms with Crippen molar-refractivity contribution < 1.29 is 14.0 Å². The number of nitrogens with one attached hydrogen (secondary N) is 2. The van der Waals surface area contributed by atoms with Crippen LogP contribution in [-0.4, -0.2) is 26.8 Å². The minimum absolute atomic E-state index is 0.0965. The highest BCUT2D eigenvalue weighted by Gasteiger charge is 2.19. The number of carbonyl (C=O) groups is 2. The van der Waals surface area contributed by atoms with Gasteiger partial charge in [0.1, 0.15) is 11.5 Å². The first kappa shape index (κ1) is 17.3. The highest BCUT2D eigenvalue weighted by molar-refractivity contribution is 6.03. The summed E-state index contributed by atoms with van der Waals surface area (Å²) in [7, 11) is 0. The molecule has 26 heavy (non-hydrogen) atoms. The zero-order valence-electron chi connectivity index (χ0n) is 14.2. The fraction of sp³-hybridized carbons (Fsp3) is 0.111. The van der Waals surface area contributed by atoms with E-state index in [-0.39, 0.29) is 17.3 Å². The number of carbonyl (C=O) groups excluding carboxylic acids is 2. The zero-order valence-corrected chi connectivity index (χ0v) is 14.2. The number of amides is 2. The molecule has 1 heterocycles. The monoisotopic (exact) mass is 353 g/mol. The van der Waals surface area contributed by atoms with Gasteiger partial charge in [0.05, 0.1) is 5.69 Å². The van der Waals surface area contributed by atoms with E-state index in [1.807, 2.05) is 0 Å². The van der Waals surface area contributed by atoms with Crippen LogP contribution in [0.5, 0.6) is 0 Å². The fourth-order valence-electron chi connectivity index (χ4n) is 2.42. The van der Waals surface area contributed by atoms with E-state index in [0.717, 1.165) is 0 Å².